The molecule has 0 aliphatic heterocycles. The second kappa shape index (κ2) is 5.72. The summed E-state index contributed by atoms with van der Waals surface area (Å²) in [6.07, 6.45) is 3.71. The van der Waals surface area contributed by atoms with Gasteiger partial charge >= 0.3 is 0 Å². The molecule has 0 aliphatic rings. The van der Waals surface area contributed by atoms with Crippen molar-refractivity contribution >= 4 is 0 Å². The first-order valence-corrected chi connectivity index (χ1v) is 4.61. The van der Waals surface area contributed by atoms with Gasteiger partial charge in [0.25, 0.3) is 0 Å². The molecule has 0 atom stereocenters. The Bertz CT molecular complexity index is 209. The molecule has 0 amide bonds. The quantitative estimate of drug-likeness (QED) is 0.529. The Balaban J connectivity index is 1.96. The van der Waals surface area contributed by atoms with Crippen molar-refractivity contribution in [2.75, 3.05) is 13.2 Å². The van der Waals surface area contributed by atoms with E-state index in [1.54, 1.807) is 6.20 Å². The highest BCUT2D eigenvalue weighted by molar-refractivity contribution is 4.77. The molecule has 0 aromatic carbocycles. The highest BCUT2D eigenvalue weighted by atomic mass is 16.6. The van der Waals surface area contributed by atoms with Gasteiger partial charge in [0, 0.05) is 18.9 Å². The van der Waals surface area contributed by atoms with E-state index in [1.807, 2.05) is 16.9 Å². The molecule has 1 aromatic rings. The first-order valence-electron chi connectivity index (χ1n) is 4.61. The van der Waals surface area contributed by atoms with Crippen molar-refractivity contribution in [2.45, 2.75) is 20.4 Å². The summed E-state index contributed by atoms with van der Waals surface area (Å²) in [5, 5.41) is 4.07. The van der Waals surface area contributed by atoms with Crippen molar-refractivity contribution in [3.63, 3.8) is 0 Å². The summed E-state index contributed by atoms with van der Waals surface area (Å²) in [5.41, 5.74) is 2.89. The molecule has 0 fully saturated rings. The van der Waals surface area contributed by atoms with Gasteiger partial charge in [-0.2, -0.15) is 5.10 Å². The third-order valence-electron chi connectivity index (χ3n) is 1.52. The smallest absolute Gasteiger partial charge is 0.0705 e. The van der Waals surface area contributed by atoms with Gasteiger partial charge in [-0.25, -0.2) is 5.48 Å². The molecule has 0 spiro atoms. The van der Waals surface area contributed by atoms with Gasteiger partial charge in [-0.15, -0.1) is 0 Å². The van der Waals surface area contributed by atoms with E-state index in [0.29, 0.717) is 5.92 Å². The number of nitrogens with zero attached hydrogens (tertiary/aromatic N) is 2. The SMILES string of the molecule is CC(C)CONCCn1cccn1. The first-order chi connectivity index (χ1) is 6.29. The molecule has 0 aliphatic carbocycles. The van der Waals surface area contributed by atoms with Crippen LogP contribution in [0.4, 0.5) is 0 Å². The molecule has 0 saturated carbocycles. The minimum atomic E-state index is 0.567. The van der Waals surface area contributed by atoms with Gasteiger partial charge in [0.1, 0.15) is 0 Å². The minimum absolute atomic E-state index is 0.567. The Kier molecular flexibility index (Phi) is 4.49. The molecule has 0 unspecified atom stereocenters. The van der Waals surface area contributed by atoms with Crippen LogP contribution in [0.1, 0.15) is 13.8 Å². The normalized spacial score (nSPS) is 11.0. The average molecular weight is 183 g/mol. The Labute approximate surface area is 78.8 Å². The van der Waals surface area contributed by atoms with Crippen LogP contribution in [0.2, 0.25) is 0 Å². The largest absolute Gasteiger partial charge is 0.301 e. The van der Waals surface area contributed by atoms with Crippen LogP contribution >= 0.6 is 0 Å². The molecule has 74 valence electrons. The molecule has 1 N–H and O–H groups in total. The van der Waals surface area contributed by atoms with Crippen molar-refractivity contribution in [2.24, 2.45) is 5.92 Å². The molecular weight excluding hydrogens is 166 g/mol. The van der Waals surface area contributed by atoms with Gasteiger partial charge in [-0.1, -0.05) is 13.8 Å². The molecule has 0 bridgehead atoms. The summed E-state index contributed by atoms with van der Waals surface area (Å²) in [6.45, 7) is 6.61. The molecule has 1 rings (SSSR count). The molecule has 1 aromatic heterocycles. The maximum atomic E-state index is 5.20. The number of hydroxylamine groups is 1. The van der Waals surface area contributed by atoms with E-state index in [4.69, 9.17) is 4.84 Å². The molecule has 0 radical (unpaired) electrons. The topological polar surface area (TPSA) is 39.1 Å². The van der Waals surface area contributed by atoms with Crippen LogP contribution < -0.4 is 5.48 Å². The molecular formula is C9H17N3O. The van der Waals surface area contributed by atoms with Gasteiger partial charge in [0.15, 0.2) is 0 Å². The van der Waals surface area contributed by atoms with Crippen LogP contribution in [0.5, 0.6) is 0 Å². The summed E-state index contributed by atoms with van der Waals surface area (Å²) in [4.78, 5) is 5.20. The molecule has 4 heteroatoms. The number of rotatable bonds is 6. The van der Waals surface area contributed by atoms with E-state index in [-0.39, 0.29) is 0 Å². The lowest BCUT2D eigenvalue weighted by atomic mass is 10.2. The molecule has 13 heavy (non-hydrogen) atoms. The third-order valence-corrected chi connectivity index (χ3v) is 1.52. The lowest BCUT2D eigenvalue weighted by Gasteiger charge is -2.07. The van der Waals surface area contributed by atoms with Gasteiger partial charge in [-0.3, -0.25) is 4.68 Å². The fraction of sp³-hybridized carbons (Fsp3) is 0.667. The maximum Gasteiger partial charge on any atom is 0.0705 e. The van der Waals surface area contributed by atoms with Crippen molar-refractivity contribution in [3.05, 3.63) is 18.5 Å². The van der Waals surface area contributed by atoms with E-state index in [2.05, 4.69) is 24.4 Å². The predicted molar refractivity (Wildman–Crippen MR) is 51.0 cm³/mol. The van der Waals surface area contributed by atoms with E-state index in [9.17, 15) is 0 Å². The number of hydrogen-bond acceptors (Lipinski definition) is 3. The van der Waals surface area contributed by atoms with E-state index >= 15 is 0 Å². The fourth-order valence-corrected chi connectivity index (χ4v) is 0.891. The molecule has 1 heterocycles. The minimum Gasteiger partial charge on any atom is -0.301 e. The highest BCUT2D eigenvalue weighted by Gasteiger charge is 1.93. The lowest BCUT2D eigenvalue weighted by molar-refractivity contribution is 0.0219. The van der Waals surface area contributed by atoms with Crippen LogP contribution in [-0.4, -0.2) is 22.9 Å². The van der Waals surface area contributed by atoms with Crippen LogP contribution in [0.3, 0.4) is 0 Å². The van der Waals surface area contributed by atoms with Crippen molar-refractivity contribution < 1.29 is 4.84 Å². The van der Waals surface area contributed by atoms with Gasteiger partial charge in [0.05, 0.1) is 13.2 Å². The summed E-state index contributed by atoms with van der Waals surface area (Å²) < 4.78 is 1.87. The Morgan fingerprint density at radius 3 is 3.00 bits per heavy atom. The summed E-state index contributed by atoms with van der Waals surface area (Å²) in [5.74, 6) is 0.567. The van der Waals surface area contributed by atoms with Crippen molar-refractivity contribution in [1.82, 2.24) is 15.3 Å². The average Bonchev–Trinajstić information content (AvgIpc) is 2.55. The van der Waals surface area contributed by atoms with Gasteiger partial charge in [-0.05, 0) is 12.0 Å². The summed E-state index contributed by atoms with van der Waals surface area (Å²) >= 11 is 0. The second-order valence-corrected chi connectivity index (χ2v) is 3.37. The molecule has 4 nitrogen and oxygen atoms in total. The Morgan fingerprint density at radius 1 is 1.54 bits per heavy atom. The van der Waals surface area contributed by atoms with Crippen molar-refractivity contribution in [1.29, 1.82) is 0 Å². The predicted octanol–water partition coefficient (Wildman–Crippen LogP) is 1.06. The zero-order chi connectivity index (χ0) is 9.52. The van der Waals surface area contributed by atoms with Crippen LogP contribution in [0, 0.1) is 5.92 Å². The number of nitrogens with one attached hydrogen (secondary N) is 1. The Hall–Kier alpha value is -0.870. The lowest BCUT2D eigenvalue weighted by Crippen LogP contribution is -2.22. The van der Waals surface area contributed by atoms with E-state index in [0.717, 1.165) is 19.7 Å². The number of hydrogen-bond donors (Lipinski definition) is 1. The zero-order valence-electron chi connectivity index (χ0n) is 8.23. The maximum absolute atomic E-state index is 5.20. The summed E-state index contributed by atoms with van der Waals surface area (Å²) in [7, 11) is 0. The number of aromatic nitrogens is 2. The fourth-order valence-electron chi connectivity index (χ4n) is 0.891. The van der Waals surface area contributed by atoms with E-state index in [1.165, 1.54) is 0 Å². The second-order valence-electron chi connectivity index (χ2n) is 3.37. The standard InChI is InChI=1S/C9H17N3O/c1-9(2)8-13-11-5-7-12-6-3-4-10-12/h3-4,6,9,11H,5,7-8H2,1-2H3. The third kappa shape index (κ3) is 4.65. The van der Waals surface area contributed by atoms with Crippen LogP contribution in [0.25, 0.3) is 0 Å². The monoisotopic (exact) mass is 183 g/mol. The van der Waals surface area contributed by atoms with Crippen LogP contribution in [0.15, 0.2) is 18.5 Å². The van der Waals surface area contributed by atoms with Crippen molar-refractivity contribution in [3.8, 4) is 0 Å². The van der Waals surface area contributed by atoms with Gasteiger partial charge < -0.3 is 4.84 Å². The van der Waals surface area contributed by atoms with Crippen LogP contribution in [-0.2, 0) is 11.4 Å². The first kappa shape index (κ1) is 10.2. The highest BCUT2D eigenvalue weighted by Crippen LogP contribution is 1.89. The Morgan fingerprint density at radius 2 is 2.38 bits per heavy atom. The van der Waals surface area contributed by atoms with E-state index < -0.39 is 0 Å². The summed E-state index contributed by atoms with van der Waals surface area (Å²) in [6, 6.07) is 1.91. The molecule has 0 saturated heterocycles. The zero-order valence-corrected chi connectivity index (χ0v) is 8.23. The van der Waals surface area contributed by atoms with Gasteiger partial charge in [0.2, 0.25) is 0 Å².